The third-order valence-corrected chi connectivity index (χ3v) is 3.40. The molecule has 0 radical (unpaired) electrons. The first kappa shape index (κ1) is 12.6. The number of non-ortho nitro benzene ring substituents is 1. The Hall–Kier alpha value is -1.88. The molecule has 94 valence electrons. The zero-order chi connectivity index (χ0) is 13.1. The van der Waals surface area contributed by atoms with Crippen molar-refractivity contribution in [2.45, 2.75) is 19.9 Å². The minimum absolute atomic E-state index is 0.120. The van der Waals surface area contributed by atoms with Gasteiger partial charge in [-0.3, -0.25) is 10.1 Å². The van der Waals surface area contributed by atoms with Gasteiger partial charge in [-0.1, -0.05) is 0 Å². The molecule has 1 N–H and O–H groups in total. The molecule has 0 aliphatic carbocycles. The zero-order valence-corrected chi connectivity index (χ0v) is 11.0. The summed E-state index contributed by atoms with van der Waals surface area (Å²) in [6, 6.07) is 7.23. The van der Waals surface area contributed by atoms with Gasteiger partial charge in [-0.25, -0.2) is 0 Å². The highest BCUT2D eigenvalue weighted by molar-refractivity contribution is 7.07. The lowest BCUT2D eigenvalue weighted by Crippen LogP contribution is -2.06. The number of nitrogens with one attached hydrogen (secondary N) is 1. The van der Waals surface area contributed by atoms with E-state index < -0.39 is 0 Å². The number of nitro groups is 1. The van der Waals surface area contributed by atoms with Crippen LogP contribution >= 0.6 is 11.3 Å². The molecule has 0 saturated carbocycles. The van der Waals surface area contributed by atoms with E-state index in [9.17, 15) is 10.1 Å². The number of aryl methyl sites for hydroxylation is 1. The van der Waals surface area contributed by atoms with E-state index >= 15 is 0 Å². The number of nitro benzene ring substituents is 1. The van der Waals surface area contributed by atoms with E-state index in [1.165, 1.54) is 5.56 Å². The van der Waals surface area contributed by atoms with Gasteiger partial charge < -0.3 is 5.32 Å². The topological polar surface area (TPSA) is 55.2 Å². The van der Waals surface area contributed by atoms with Gasteiger partial charge in [0.2, 0.25) is 0 Å². The molecule has 0 amide bonds. The largest absolute Gasteiger partial charge is 0.378 e. The van der Waals surface area contributed by atoms with E-state index in [0.29, 0.717) is 0 Å². The summed E-state index contributed by atoms with van der Waals surface area (Å²) in [5, 5.41) is 18.2. The van der Waals surface area contributed by atoms with E-state index in [0.717, 1.165) is 11.3 Å². The van der Waals surface area contributed by atoms with Crippen molar-refractivity contribution >= 4 is 22.7 Å². The van der Waals surface area contributed by atoms with Gasteiger partial charge in [-0.05, 0) is 47.9 Å². The molecule has 2 aromatic rings. The molecule has 0 spiro atoms. The Bertz CT molecular complexity index is 552. The van der Waals surface area contributed by atoms with Gasteiger partial charge in [0.05, 0.1) is 4.92 Å². The summed E-state index contributed by atoms with van der Waals surface area (Å²) in [7, 11) is 0. The maximum atomic E-state index is 10.8. The Morgan fingerprint density at radius 1 is 1.39 bits per heavy atom. The van der Waals surface area contributed by atoms with E-state index in [1.807, 2.05) is 31.4 Å². The molecule has 0 aliphatic heterocycles. The van der Waals surface area contributed by atoms with Gasteiger partial charge in [-0.2, -0.15) is 11.3 Å². The number of thiophene rings is 1. The first-order valence-electron chi connectivity index (χ1n) is 5.61. The monoisotopic (exact) mass is 262 g/mol. The van der Waals surface area contributed by atoms with Crippen LogP contribution in [0.2, 0.25) is 0 Å². The van der Waals surface area contributed by atoms with Crippen LogP contribution < -0.4 is 5.32 Å². The lowest BCUT2D eigenvalue weighted by molar-refractivity contribution is -0.384. The molecule has 4 nitrogen and oxygen atoms in total. The number of rotatable bonds is 4. The number of nitrogens with zero attached hydrogens (tertiary/aromatic N) is 1. The molecule has 1 aromatic heterocycles. The van der Waals surface area contributed by atoms with Gasteiger partial charge in [0.25, 0.3) is 5.69 Å². The maximum absolute atomic E-state index is 10.8. The average Bonchev–Trinajstić information content (AvgIpc) is 2.81. The average molecular weight is 262 g/mol. The number of benzene rings is 1. The quantitative estimate of drug-likeness (QED) is 0.665. The van der Waals surface area contributed by atoms with Crippen LogP contribution in [-0.4, -0.2) is 4.92 Å². The van der Waals surface area contributed by atoms with Gasteiger partial charge in [0.15, 0.2) is 0 Å². The molecule has 1 aromatic carbocycles. The Morgan fingerprint density at radius 3 is 2.78 bits per heavy atom. The lowest BCUT2D eigenvalue weighted by Gasteiger charge is -2.14. The Labute approximate surface area is 109 Å². The number of hydrogen-bond acceptors (Lipinski definition) is 4. The summed E-state index contributed by atoms with van der Waals surface area (Å²) < 4.78 is 0. The van der Waals surface area contributed by atoms with Gasteiger partial charge >= 0.3 is 0 Å². The highest BCUT2D eigenvalue weighted by Crippen LogP contribution is 2.25. The van der Waals surface area contributed by atoms with Crippen LogP contribution in [0, 0.1) is 17.0 Å². The van der Waals surface area contributed by atoms with Crippen molar-refractivity contribution in [3.63, 3.8) is 0 Å². The van der Waals surface area contributed by atoms with Crippen LogP contribution in [0.5, 0.6) is 0 Å². The van der Waals surface area contributed by atoms with Crippen molar-refractivity contribution in [3.05, 3.63) is 56.3 Å². The molecule has 0 aliphatic rings. The van der Waals surface area contributed by atoms with Crippen molar-refractivity contribution < 1.29 is 4.92 Å². The van der Waals surface area contributed by atoms with E-state index in [4.69, 9.17) is 0 Å². The fourth-order valence-electron chi connectivity index (χ4n) is 1.81. The van der Waals surface area contributed by atoms with E-state index in [1.54, 1.807) is 23.5 Å². The van der Waals surface area contributed by atoms with Gasteiger partial charge in [0, 0.05) is 23.9 Å². The van der Waals surface area contributed by atoms with Crippen molar-refractivity contribution in [1.29, 1.82) is 0 Å². The molecule has 18 heavy (non-hydrogen) atoms. The normalized spacial score (nSPS) is 12.1. The molecule has 1 unspecified atom stereocenters. The van der Waals surface area contributed by atoms with Crippen LogP contribution in [-0.2, 0) is 0 Å². The highest BCUT2D eigenvalue weighted by atomic mass is 32.1. The molecule has 1 atom stereocenters. The number of anilines is 1. The minimum atomic E-state index is -0.368. The lowest BCUT2D eigenvalue weighted by atomic mass is 10.1. The third kappa shape index (κ3) is 2.87. The van der Waals surface area contributed by atoms with Crippen LogP contribution in [0.3, 0.4) is 0 Å². The molecular weight excluding hydrogens is 248 g/mol. The fraction of sp³-hybridized carbons (Fsp3) is 0.231. The minimum Gasteiger partial charge on any atom is -0.378 e. The molecule has 0 fully saturated rings. The Balaban J connectivity index is 2.21. The summed E-state index contributed by atoms with van der Waals surface area (Å²) in [4.78, 5) is 10.4. The van der Waals surface area contributed by atoms with Crippen LogP contribution in [0.1, 0.15) is 24.1 Å². The molecule has 5 heteroatoms. The van der Waals surface area contributed by atoms with E-state index in [2.05, 4.69) is 10.7 Å². The Kier molecular flexibility index (Phi) is 3.62. The standard InChI is InChI=1S/C13H14N2O2S/c1-9-5-12(7-13(6-9)15(16)17)14-10(2)11-3-4-18-8-11/h3-8,10,14H,1-2H3. The van der Waals surface area contributed by atoms with Crippen LogP contribution in [0.4, 0.5) is 11.4 Å². The predicted octanol–water partition coefficient (Wildman–Crippen LogP) is 4.14. The van der Waals surface area contributed by atoms with Crippen molar-refractivity contribution in [3.8, 4) is 0 Å². The highest BCUT2D eigenvalue weighted by Gasteiger charge is 2.10. The molecule has 0 bridgehead atoms. The van der Waals surface area contributed by atoms with Crippen LogP contribution in [0.25, 0.3) is 0 Å². The summed E-state index contributed by atoms with van der Waals surface area (Å²) in [6.07, 6.45) is 0. The van der Waals surface area contributed by atoms with Crippen molar-refractivity contribution in [2.75, 3.05) is 5.32 Å². The predicted molar refractivity (Wildman–Crippen MR) is 74.2 cm³/mol. The smallest absolute Gasteiger partial charge is 0.271 e. The summed E-state index contributed by atoms with van der Waals surface area (Å²) >= 11 is 1.64. The summed E-state index contributed by atoms with van der Waals surface area (Å²) in [6.45, 7) is 3.89. The zero-order valence-electron chi connectivity index (χ0n) is 10.2. The number of hydrogen-bond donors (Lipinski definition) is 1. The second kappa shape index (κ2) is 5.18. The van der Waals surface area contributed by atoms with Gasteiger partial charge in [-0.15, -0.1) is 0 Å². The third-order valence-electron chi connectivity index (χ3n) is 2.70. The maximum Gasteiger partial charge on any atom is 0.271 e. The summed E-state index contributed by atoms with van der Waals surface area (Å²) in [5.74, 6) is 0. The second-order valence-corrected chi connectivity index (χ2v) is 5.02. The molecular formula is C13H14N2O2S. The van der Waals surface area contributed by atoms with Crippen LogP contribution in [0.15, 0.2) is 35.0 Å². The molecule has 1 heterocycles. The second-order valence-electron chi connectivity index (χ2n) is 4.24. The fourth-order valence-corrected chi connectivity index (χ4v) is 2.56. The first-order chi connectivity index (χ1) is 8.56. The molecule has 2 rings (SSSR count). The molecule has 0 saturated heterocycles. The Morgan fingerprint density at radius 2 is 2.17 bits per heavy atom. The van der Waals surface area contributed by atoms with Crippen molar-refractivity contribution in [2.24, 2.45) is 0 Å². The SMILES string of the molecule is Cc1cc(NC(C)c2ccsc2)cc([N+](=O)[O-])c1. The van der Waals surface area contributed by atoms with E-state index in [-0.39, 0.29) is 16.7 Å². The van der Waals surface area contributed by atoms with Crippen molar-refractivity contribution in [1.82, 2.24) is 0 Å². The first-order valence-corrected chi connectivity index (χ1v) is 6.55. The van der Waals surface area contributed by atoms with Gasteiger partial charge in [0.1, 0.15) is 0 Å². The summed E-state index contributed by atoms with van der Waals surface area (Å²) in [5.41, 5.74) is 2.96.